The Kier molecular flexibility index (Phi) is 4.88. The van der Waals surface area contributed by atoms with E-state index in [9.17, 15) is 5.11 Å². The molecule has 0 spiro atoms. The summed E-state index contributed by atoms with van der Waals surface area (Å²) in [5, 5.41) is 11.4. The summed E-state index contributed by atoms with van der Waals surface area (Å²) in [6.07, 6.45) is 3.78. The molecule has 0 amide bonds. The van der Waals surface area contributed by atoms with Gasteiger partial charge in [0.1, 0.15) is 0 Å². The van der Waals surface area contributed by atoms with Crippen LogP contribution in [0.25, 0.3) is 0 Å². The van der Waals surface area contributed by atoms with E-state index in [1.807, 2.05) is 24.3 Å². The van der Waals surface area contributed by atoms with Crippen LogP contribution in [0.3, 0.4) is 0 Å². The molecular formula is C16H24ClNO. The SMILES string of the molecule is CCC(C)(C(O)Cc1cccc(Cl)c1)N1CCCC1. The second-order valence-electron chi connectivity index (χ2n) is 5.75. The van der Waals surface area contributed by atoms with Crippen molar-refractivity contribution in [2.75, 3.05) is 13.1 Å². The van der Waals surface area contributed by atoms with Gasteiger partial charge in [0, 0.05) is 17.0 Å². The number of hydrogen-bond donors (Lipinski definition) is 1. The van der Waals surface area contributed by atoms with Gasteiger partial charge in [0.2, 0.25) is 0 Å². The topological polar surface area (TPSA) is 23.5 Å². The van der Waals surface area contributed by atoms with Crippen molar-refractivity contribution in [3.05, 3.63) is 34.9 Å². The fraction of sp³-hybridized carbons (Fsp3) is 0.625. The van der Waals surface area contributed by atoms with Crippen LogP contribution in [0.15, 0.2) is 24.3 Å². The summed E-state index contributed by atoms with van der Waals surface area (Å²) in [5.74, 6) is 0. The Morgan fingerprint density at radius 2 is 2.05 bits per heavy atom. The van der Waals surface area contributed by atoms with Gasteiger partial charge in [0.05, 0.1) is 6.10 Å². The van der Waals surface area contributed by atoms with E-state index in [0.29, 0.717) is 6.42 Å². The van der Waals surface area contributed by atoms with Crippen molar-refractivity contribution >= 4 is 11.6 Å². The fourth-order valence-electron chi connectivity index (χ4n) is 3.01. The number of nitrogens with zero attached hydrogens (tertiary/aromatic N) is 1. The zero-order valence-electron chi connectivity index (χ0n) is 11.9. The first-order valence-electron chi connectivity index (χ1n) is 7.24. The van der Waals surface area contributed by atoms with Crippen LogP contribution in [0.4, 0.5) is 0 Å². The highest BCUT2D eigenvalue weighted by Crippen LogP contribution is 2.30. The Morgan fingerprint density at radius 1 is 1.37 bits per heavy atom. The number of aliphatic hydroxyl groups excluding tert-OH is 1. The van der Waals surface area contributed by atoms with Gasteiger partial charge in [0.15, 0.2) is 0 Å². The molecule has 1 aromatic rings. The summed E-state index contributed by atoms with van der Waals surface area (Å²) in [6, 6.07) is 7.81. The minimum atomic E-state index is -0.353. The summed E-state index contributed by atoms with van der Waals surface area (Å²) < 4.78 is 0. The van der Waals surface area contributed by atoms with Crippen molar-refractivity contribution in [3.8, 4) is 0 Å². The Bertz CT molecular complexity index is 417. The van der Waals surface area contributed by atoms with Crippen LogP contribution >= 0.6 is 11.6 Å². The average molecular weight is 282 g/mol. The van der Waals surface area contributed by atoms with E-state index in [-0.39, 0.29) is 11.6 Å². The van der Waals surface area contributed by atoms with Crippen LogP contribution in [0, 0.1) is 0 Å². The summed E-state index contributed by atoms with van der Waals surface area (Å²) in [5.41, 5.74) is 0.984. The van der Waals surface area contributed by atoms with Crippen LogP contribution in [0.1, 0.15) is 38.7 Å². The molecule has 0 aromatic heterocycles. The first-order valence-corrected chi connectivity index (χ1v) is 7.61. The highest BCUT2D eigenvalue weighted by molar-refractivity contribution is 6.30. The molecule has 3 heteroatoms. The number of halogens is 1. The van der Waals surface area contributed by atoms with E-state index in [4.69, 9.17) is 11.6 Å². The number of rotatable bonds is 5. The second-order valence-corrected chi connectivity index (χ2v) is 6.19. The van der Waals surface area contributed by atoms with Crippen molar-refractivity contribution in [1.82, 2.24) is 4.90 Å². The molecule has 1 aliphatic rings. The van der Waals surface area contributed by atoms with Gasteiger partial charge in [-0.1, -0.05) is 30.7 Å². The molecule has 2 rings (SSSR count). The van der Waals surface area contributed by atoms with Gasteiger partial charge in [-0.15, -0.1) is 0 Å². The molecule has 19 heavy (non-hydrogen) atoms. The number of benzene rings is 1. The summed E-state index contributed by atoms with van der Waals surface area (Å²) >= 11 is 6.01. The maximum Gasteiger partial charge on any atom is 0.0761 e. The maximum absolute atomic E-state index is 10.7. The Morgan fingerprint density at radius 3 is 2.63 bits per heavy atom. The number of likely N-dealkylation sites (tertiary alicyclic amines) is 1. The van der Waals surface area contributed by atoms with Crippen LogP contribution in [-0.2, 0) is 6.42 Å². The van der Waals surface area contributed by atoms with Gasteiger partial charge in [0.25, 0.3) is 0 Å². The summed E-state index contributed by atoms with van der Waals surface area (Å²) in [7, 11) is 0. The van der Waals surface area contributed by atoms with E-state index in [0.717, 1.165) is 30.1 Å². The molecule has 0 bridgehead atoms. The Labute approximate surface area is 121 Å². The molecule has 1 aromatic carbocycles. The zero-order valence-corrected chi connectivity index (χ0v) is 12.7. The standard InChI is InChI=1S/C16H24ClNO/c1-3-16(2,18-9-4-5-10-18)15(19)12-13-7-6-8-14(17)11-13/h6-8,11,15,19H,3-5,9-10,12H2,1-2H3. The summed E-state index contributed by atoms with van der Waals surface area (Å²) in [4.78, 5) is 2.45. The molecule has 2 nitrogen and oxygen atoms in total. The summed E-state index contributed by atoms with van der Waals surface area (Å²) in [6.45, 7) is 6.57. The molecule has 2 unspecified atom stereocenters. The minimum Gasteiger partial charge on any atom is -0.391 e. The van der Waals surface area contributed by atoms with E-state index in [1.165, 1.54) is 12.8 Å². The van der Waals surface area contributed by atoms with Crippen molar-refractivity contribution in [2.24, 2.45) is 0 Å². The predicted octanol–water partition coefficient (Wildman–Crippen LogP) is 3.51. The van der Waals surface area contributed by atoms with Gasteiger partial charge >= 0.3 is 0 Å². The van der Waals surface area contributed by atoms with Gasteiger partial charge < -0.3 is 5.11 Å². The first-order chi connectivity index (χ1) is 9.06. The zero-order chi connectivity index (χ0) is 13.9. The van der Waals surface area contributed by atoms with E-state index < -0.39 is 0 Å². The molecule has 1 N–H and O–H groups in total. The smallest absolute Gasteiger partial charge is 0.0761 e. The molecule has 1 fully saturated rings. The lowest BCUT2D eigenvalue weighted by Crippen LogP contribution is -2.53. The average Bonchev–Trinajstić information content (AvgIpc) is 2.92. The van der Waals surface area contributed by atoms with Crippen molar-refractivity contribution in [2.45, 2.75) is 51.2 Å². The van der Waals surface area contributed by atoms with Crippen molar-refractivity contribution < 1.29 is 5.11 Å². The molecule has 0 aliphatic carbocycles. The lowest BCUT2D eigenvalue weighted by atomic mass is 9.86. The van der Waals surface area contributed by atoms with Crippen molar-refractivity contribution in [1.29, 1.82) is 0 Å². The van der Waals surface area contributed by atoms with Gasteiger partial charge in [-0.2, -0.15) is 0 Å². The maximum atomic E-state index is 10.7. The van der Waals surface area contributed by atoms with Crippen LogP contribution in [0.2, 0.25) is 5.02 Å². The predicted molar refractivity (Wildman–Crippen MR) is 80.7 cm³/mol. The molecule has 0 saturated carbocycles. The minimum absolute atomic E-state index is 0.126. The van der Waals surface area contributed by atoms with E-state index >= 15 is 0 Å². The van der Waals surface area contributed by atoms with Crippen molar-refractivity contribution in [3.63, 3.8) is 0 Å². The van der Waals surface area contributed by atoms with Crippen LogP contribution in [0.5, 0.6) is 0 Å². The molecule has 1 heterocycles. The van der Waals surface area contributed by atoms with E-state index in [1.54, 1.807) is 0 Å². The largest absolute Gasteiger partial charge is 0.391 e. The third-order valence-corrected chi connectivity index (χ3v) is 4.82. The third-order valence-electron chi connectivity index (χ3n) is 4.58. The molecule has 1 aliphatic heterocycles. The van der Waals surface area contributed by atoms with E-state index in [2.05, 4.69) is 18.7 Å². The lowest BCUT2D eigenvalue weighted by molar-refractivity contribution is -0.0117. The third kappa shape index (κ3) is 3.31. The lowest BCUT2D eigenvalue weighted by Gasteiger charge is -2.42. The molecule has 2 atom stereocenters. The quantitative estimate of drug-likeness (QED) is 0.893. The normalized spacial score (nSPS) is 21.3. The Hall–Kier alpha value is -0.570. The van der Waals surface area contributed by atoms with Crippen LogP contribution in [-0.4, -0.2) is 34.7 Å². The number of aliphatic hydroxyl groups is 1. The molecule has 0 radical (unpaired) electrons. The molecular weight excluding hydrogens is 258 g/mol. The second kappa shape index (κ2) is 6.25. The van der Waals surface area contributed by atoms with Gasteiger partial charge in [-0.3, -0.25) is 4.90 Å². The highest BCUT2D eigenvalue weighted by atomic mass is 35.5. The first kappa shape index (κ1) is 14.8. The van der Waals surface area contributed by atoms with Crippen LogP contribution < -0.4 is 0 Å². The highest BCUT2D eigenvalue weighted by Gasteiger charge is 2.38. The molecule has 1 saturated heterocycles. The molecule has 106 valence electrons. The van der Waals surface area contributed by atoms with Gasteiger partial charge in [-0.25, -0.2) is 0 Å². The Balaban J connectivity index is 2.09. The fourth-order valence-corrected chi connectivity index (χ4v) is 3.22. The monoisotopic (exact) mass is 281 g/mol. The number of hydrogen-bond acceptors (Lipinski definition) is 2. The van der Waals surface area contributed by atoms with Gasteiger partial charge in [-0.05, 0) is 57.0 Å².